The van der Waals surface area contributed by atoms with Gasteiger partial charge in [0.05, 0.1) is 17.8 Å². The van der Waals surface area contributed by atoms with Crippen LogP contribution in [-0.2, 0) is 11.8 Å². The standard InChI is InChI=1S/C23H22N4O4/c1-12-20(13(2)31-25-12)14-9-17(22(24)28)21-16-11-15(27-7-4-8-30-23(27)29)5-6-18(16)26(3)19(21)10-14/h5-6,9-11H,4,7-8H2,1-3H3,(H2,24,28). The van der Waals surface area contributed by atoms with E-state index in [0.717, 1.165) is 50.7 Å². The van der Waals surface area contributed by atoms with Crippen molar-refractivity contribution in [3.8, 4) is 11.1 Å². The number of hydrogen-bond acceptors (Lipinski definition) is 5. The first-order valence-electron chi connectivity index (χ1n) is 10.1. The van der Waals surface area contributed by atoms with Crippen LogP contribution in [0.15, 0.2) is 34.9 Å². The van der Waals surface area contributed by atoms with Crippen LogP contribution >= 0.6 is 0 Å². The Morgan fingerprint density at radius 3 is 2.65 bits per heavy atom. The van der Waals surface area contributed by atoms with Crippen molar-refractivity contribution in [2.75, 3.05) is 18.1 Å². The Kier molecular flexibility index (Phi) is 4.25. The van der Waals surface area contributed by atoms with Gasteiger partial charge in [0.15, 0.2) is 0 Å². The van der Waals surface area contributed by atoms with Gasteiger partial charge in [-0.25, -0.2) is 4.79 Å². The minimum absolute atomic E-state index is 0.360. The number of anilines is 1. The molecule has 2 aromatic heterocycles. The van der Waals surface area contributed by atoms with E-state index in [1.54, 1.807) is 11.0 Å². The molecule has 2 amide bonds. The Hall–Kier alpha value is -3.81. The number of rotatable bonds is 3. The molecule has 158 valence electrons. The molecule has 2 N–H and O–H groups in total. The highest BCUT2D eigenvalue weighted by Crippen LogP contribution is 2.38. The molecule has 3 heterocycles. The highest BCUT2D eigenvalue weighted by atomic mass is 16.6. The largest absolute Gasteiger partial charge is 0.449 e. The monoisotopic (exact) mass is 418 g/mol. The van der Waals surface area contributed by atoms with Crippen molar-refractivity contribution in [3.63, 3.8) is 0 Å². The van der Waals surface area contributed by atoms with Gasteiger partial charge in [-0.2, -0.15) is 0 Å². The molecule has 8 nitrogen and oxygen atoms in total. The van der Waals surface area contributed by atoms with Gasteiger partial charge in [-0.05, 0) is 56.2 Å². The molecular weight excluding hydrogens is 396 g/mol. The van der Waals surface area contributed by atoms with Crippen LogP contribution in [0.2, 0.25) is 0 Å². The van der Waals surface area contributed by atoms with Crippen LogP contribution in [0.4, 0.5) is 10.5 Å². The van der Waals surface area contributed by atoms with Crippen LogP contribution < -0.4 is 10.6 Å². The lowest BCUT2D eigenvalue weighted by molar-refractivity contribution is 0.100. The van der Waals surface area contributed by atoms with Crippen LogP contribution in [0.3, 0.4) is 0 Å². The molecule has 0 bridgehead atoms. The number of carbonyl (C=O) groups excluding carboxylic acids is 2. The molecule has 0 unspecified atom stereocenters. The summed E-state index contributed by atoms with van der Waals surface area (Å²) < 4.78 is 12.5. The van der Waals surface area contributed by atoms with Gasteiger partial charge in [-0.15, -0.1) is 0 Å². The third kappa shape index (κ3) is 2.86. The van der Waals surface area contributed by atoms with Crippen molar-refractivity contribution in [1.29, 1.82) is 0 Å². The highest BCUT2D eigenvalue weighted by Gasteiger charge is 2.24. The van der Waals surface area contributed by atoms with E-state index in [9.17, 15) is 9.59 Å². The Bertz CT molecular complexity index is 1360. The summed E-state index contributed by atoms with van der Waals surface area (Å²) in [6, 6.07) is 9.58. The summed E-state index contributed by atoms with van der Waals surface area (Å²) in [6.45, 7) is 4.73. The summed E-state index contributed by atoms with van der Waals surface area (Å²) in [7, 11) is 1.95. The molecular formula is C23H22N4O4. The zero-order chi connectivity index (χ0) is 21.9. The minimum Gasteiger partial charge on any atom is -0.449 e. The van der Waals surface area contributed by atoms with E-state index in [-0.39, 0.29) is 6.09 Å². The van der Waals surface area contributed by atoms with Crippen molar-refractivity contribution in [3.05, 3.63) is 47.3 Å². The molecule has 8 heteroatoms. The van der Waals surface area contributed by atoms with E-state index in [2.05, 4.69) is 5.16 Å². The van der Waals surface area contributed by atoms with Crippen LogP contribution in [0.5, 0.6) is 0 Å². The summed E-state index contributed by atoms with van der Waals surface area (Å²) >= 11 is 0. The molecule has 0 radical (unpaired) electrons. The molecule has 0 saturated carbocycles. The molecule has 31 heavy (non-hydrogen) atoms. The zero-order valence-electron chi connectivity index (χ0n) is 17.6. The summed E-state index contributed by atoms with van der Waals surface area (Å²) in [5, 5.41) is 5.65. The lowest BCUT2D eigenvalue weighted by Gasteiger charge is -2.26. The molecule has 1 fully saturated rings. The van der Waals surface area contributed by atoms with E-state index in [0.29, 0.717) is 24.5 Å². The Labute approximate surface area is 178 Å². The second-order valence-corrected chi connectivity index (χ2v) is 7.86. The van der Waals surface area contributed by atoms with Crippen molar-refractivity contribution >= 4 is 39.5 Å². The number of benzene rings is 2. The number of aromatic nitrogens is 2. The maximum Gasteiger partial charge on any atom is 0.414 e. The van der Waals surface area contributed by atoms with Crippen LogP contribution in [0.1, 0.15) is 28.2 Å². The Morgan fingerprint density at radius 1 is 1.16 bits per heavy atom. The highest BCUT2D eigenvalue weighted by molar-refractivity contribution is 6.19. The van der Waals surface area contributed by atoms with Crippen molar-refractivity contribution in [1.82, 2.24) is 9.72 Å². The quantitative estimate of drug-likeness (QED) is 0.541. The van der Waals surface area contributed by atoms with E-state index >= 15 is 0 Å². The molecule has 2 aromatic carbocycles. The number of carbonyl (C=O) groups is 2. The summed E-state index contributed by atoms with van der Waals surface area (Å²) in [6.07, 6.45) is 0.411. The van der Waals surface area contributed by atoms with Crippen molar-refractivity contribution < 1.29 is 18.8 Å². The second kappa shape index (κ2) is 6.87. The van der Waals surface area contributed by atoms with Gasteiger partial charge in [0.2, 0.25) is 5.91 Å². The molecule has 1 aliphatic heterocycles. The van der Waals surface area contributed by atoms with Crippen molar-refractivity contribution in [2.45, 2.75) is 20.3 Å². The van der Waals surface area contributed by atoms with E-state index in [4.69, 9.17) is 15.0 Å². The van der Waals surface area contributed by atoms with Crippen LogP contribution in [-0.4, -0.2) is 34.9 Å². The first-order chi connectivity index (χ1) is 14.9. The van der Waals surface area contributed by atoms with E-state index in [1.165, 1.54) is 0 Å². The van der Waals surface area contributed by atoms with Gasteiger partial charge in [-0.3, -0.25) is 9.69 Å². The lowest BCUT2D eigenvalue weighted by Crippen LogP contribution is -2.37. The number of primary amides is 1. The number of aryl methyl sites for hydroxylation is 3. The second-order valence-electron chi connectivity index (χ2n) is 7.86. The van der Waals surface area contributed by atoms with E-state index in [1.807, 2.05) is 49.7 Å². The van der Waals surface area contributed by atoms with Gasteiger partial charge in [-0.1, -0.05) is 5.16 Å². The average Bonchev–Trinajstić information content (AvgIpc) is 3.23. The predicted molar refractivity (Wildman–Crippen MR) is 117 cm³/mol. The molecule has 4 aromatic rings. The fourth-order valence-electron chi connectivity index (χ4n) is 4.51. The number of ether oxygens (including phenoxy) is 1. The van der Waals surface area contributed by atoms with Crippen LogP contribution in [0, 0.1) is 13.8 Å². The molecule has 0 atom stereocenters. The average molecular weight is 418 g/mol. The molecule has 1 aliphatic rings. The number of cyclic esters (lactones) is 1. The maximum absolute atomic E-state index is 12.5. The fraction of sp³-hybridized carbons (Fsp3) is 0.261. The lowest BCUT2D eigenvalue weighted by atomic mass is 9.97. The van der Waals surface area contributed by atoms with Gasteiger partial charge in [0.1, 0.15) is 5.76 Å². The van der Waals surface area contributed by atoms with Gasteiger partial charge < -0.3 is 19.6 Å². The Morgan fingerprint density at radius 2 is 1.97 bits per heavy atom. The van der Waals surface area contributed by atoms with E-state index < -0.39 is 5.91 Å². The molecule has 1 saturated heterocycles. The first-order valence-corrected chi connectivity index (χ1v) is 10.1. The number of amides is 2. The summed E-state index contributed by atoms with van der Waals surface area (Å²) in [4.78, 5) is 26.3. The Balaban J connectivity index is 1.80. The number of fused-ring (bicyclic) bond motifs is 3. The van der Waals surface area contributed by atoms with Gasteiger partial charge in [0, 0.05) is 46.7 Å². The van der Waals surface area contributed by atoms with Gasteiger partial charge >= 0.3 is 6.09 Å². The topological polar surface area (TPSA) is 104 Å². The molecule has 0 aliphatic carbocycles. The third-order valence-corrected chi connectivity index (χ3v) is 5.96. The van der Waals surface area contributed by atoms with Crippen molar-refractivity contribution in [2.24, 2.45) is 12.8 Å². The number of nitrogens with zero attached hydrogens (tertiary/aromatic N) is 3. The summed E-state index contributed by atoms with van der Waals surface area (Å²) in [5.41, 5.74) is 11.2. The zero-order valence-corrected chi connectivity index (χ0v) is 17.6. The van der Waals surface area contributed by atoms with Crippen LogP contribution in [0.25, 0.3) is 32.9 Å². The normalized spacial score (nSPS) is 14.4. The van der Waals surface area contributed by atoms with Gasteiger partial charge in [0.25, 0.3) is 0 Å². The molecule has 5 rings (SSSR count). The third-order valence-electron chi connectivity index (χ3n) is 5.96. The summed E-state index contributed by atoms with van der Waals surface area (Å²) in [5.74, 6) is 0.158. The minimum atomic E-state index is -0.520. The maximum atomic E-state index is 12.5. The SMILES string of the molecule is Cc1noc(C)c1-c1cc(C(N)=O)c2c3cc(N4CCCOC4=O)ccc3n(C)c2c1. The fourth-order valence-corrected chi connectivity index (χ4v) is 4.51. The number of nitrogens with two attached hydrogens (primary N) is 1. The predicted octanol–water partition coefficient (Wildman–Crippen LogP) is 4.05. The molecule has 0 spiro atoms. The smallest absolute Gasteiger partial charge is 0.414 e. The first kappa shape index (κ1) is 19.2. The number of hydrogen-bond donors (Lipinski definition) is 1.